The van der Waals surface area contributed by atoms with Gasteiger partial charge in [-0.2, -0.15) is 0 Å². The normalized spacial score (nSPS) is 21.4. The summed E-state index contributed by atoms with van der Waals surface area (Å²) in [5.41, 5.74) is 6.17. The Hall–Kier alpha value is -2.44. The number of nitrogens with two attached hydrogens (primary N) is 1. The summed E-state index contributed by atoms with van der Waals surface area (Å²) in [5, 5.41) is 11.8. The maximum Gasteiger partial charge on any atom is 0.254 e. The third kappa shape index (κ3) is 2.46. The van der Waals surface area contributed by atoms with E-state index in [2.05, 4.69) is 5.16 Å². The van der Waals surface area contributed by atoms with Crippen LogP contribution in [0.25, 0.3) is 0 Å². The van der Waals surface area contributed by atoms with Crippen molar-refractivity contribution >= 4 is 11.7 Å². The molecule has 7 nitrogen and oxygen atoms in total. The van der Waals surface area contributed by atoms with Gasteiger partial charge in [0.25, 0.3) is 5.91 Å². The van der Waals surface area contributed by atoms with Crippen LogP contribution in [0.1, 0.15) is 23.2 Å². The highest BCUT2D eigenvalue weighted by Crippen LogP contribution is 2.32. The van der Waals surface area contributed by atoms with E-state index in [0.29, 0.717) is 43.2 Å². The number of likely N-dealkylation sites (tertiary alicyclic amines) is 1. The number of carbonyl (C=O) groups excluding carboxylic acids is 1. The maximum atomic E-state index is 12.6. The van der Waals surface area contributed by atoms with Crippen LogP contribution in [0.4, 0.5) is 0 Å². The molecule has 0 aliphatic carbocycles. The number of amides is 1. The second-order valence-corrected chi connectivity index (χ2v) is 5.04. The number of hydrogen-bond acceptors (Lipinski definition) is 5. The molecule has 0 aromatic heterocycles. The summed E-state index contributed by atoms with van der Waals surface area (Å²) in [4.78, 5) is 14.2. The summed E-state index contributed by atoms with van der Waals surface area (Å²) in [6.07, 6.45) is 1.53. The molecule has 7 heteroatoms. The van der Waals surface area contributed by atoms with Crippen LogP contribution < -0.4 is 15.2 Å². The summed E-state index contributed by atoms with van der Waals surface area (Å²) in [5.74, 6) is 1.14. The van der Waals surface area contributed by atoms with E-state index in [1.807, 2.05) is 0 Å². The van der Waals surface area contributed by atoms with Crippen LogP contribution in [-0.2, 0) is 0 Å². The molecular formula is C14H17N3O4. The molecule has 1 atom stereocenters. The molecule has 112 valence electrons. The molecule has 1 aromatic carbocycles. The fourth-order valence-corrected chi connectivity index (χ4v) is 2.73. The van der Waals surface area contributed by atoms with Gasteiger partial charge < -0.3 is 25.3 Å². The van der Waals surface area contributed by atoms with Crippen LogP contribution in [-0.4, -0.2) is 47.7 Å². The van der Waals surface area contributed by atoms with Gasteiger partial charge in [0.1, 0.15) is 13.2 Å². The Balaban J connectivity index is 1.84. The minimum absolute atomic E-state index is 0.0680. The standard InChI is InChI=1S/C14H17N3O4/c15-13(16-19)10-2-1-5-17(10)14(18)9-3-4-11-12(8-9)21-7-6-20-11/h3-4,8,10,19H,1-2,5-7H2,(H2,15,16). The van der Waals surface area contributed by atoms with Crippen molar-refractivity contribution < 1.29 is 19.5 Å². The van der Waals surface area contributed by atoms with E-state index in [1.54, 1.807) is 23.1 Å². The number of amidine groups is 1. The van der Waals surface area contributed by atoms with E-state index in [1.165, 1.54) is 0 Å². The van der Waals surface area contributed by atoms with Gasteiger partial charge in [0.15, 0.2) is 17.3 Å². The topological polar surface area (TPSA) is 97.4 Å². The lowest BCUT2D eigenvalue weighted by Gasteiger charge is -2.24. The van der Waals surface area contributed by atoms with Crippen LogP contribution >= 0.6 is 0 Å². The molecule has 21 heavy (non-hydrogen) atoms. The molecular weight excluding hydrogens is 274 g/mol. The third-order valence-electron chi connectivity index (χ3n) is 3.76. The molecule has 0 radical (unpaired) electrons. The molecule has 1 amide bonds. The van der Waals surface area contributed by atoms with Crippen LogP contribution in [0.5, 0.6) is 11.5 Å². The summed E-state index contributed by atoms with van der Waals surface area (Å²) in [7, 11) is 0. The molecule has 1 fully saturated rings. The summed E-state index contributed by atoms with van der Waals surface area (Å²) in [6.45, 7) is 1.58. The van der Waals surface area contributed by atoms with Crippen LogP contribution in [0.15, 0.2) is 23.4 Å². The number of fused-ring (bicyclic) bond motifs is 1. The minimum atomic E-state index is -0.351. The third-order valence-corrected chi connectivity index (χ3v) is 3.76. The van der Waals surface area contributed by atoms with Gasteiger partial charge in [-0.15, -0.1) is 0 Å². The Bertz CT molecular complexity index is 588. The first kappa shape index (κ1) is 13.5. The molecule has 3 rings (SSSR count). The largest absolute Gasteiger partial charge is 0.486 e. The van der Waals surface area contributed by atoms with Gasteiger partial charge in [0.2, 0.25) is 0 Å². The zero-order valence-corrected chi connectivity index (χ0v) is 11.5. The van der Waals surface area contributed by atoms with E-state index >= 15 is 0 Å². The molecule has 2 aliphatic rings. The van der Waals surface area contributed by atoms with Crippen molar-refractivity contribution in [3.63, 3.8) is 0 Å². The van der Waals surface area contributed by atoms with E-state index in [-0.39, 0.29) is 17.8 Å². The van der Waals surface area contributed by atoms with Gasteiger partial charge in [-0.3, -0.25) is 4.79 Å². The monoisotopic (exact) mass is 291 g/mol. The predicted octanol–water partition coefficient (Wildman–Crippen LogP) is 0.809. The number of hydrogen-bond donors (Lipinski definition) is 2. The van der Waals surface area contributed by atoms with Crippen molar-refractivity contribution in [2.24, 2.45) is 10.9 Å². The highest BCUT2D eigenvalue weighted by atomic mass is 16.6. The fraction of sp³-hybridized carbons (Fsp3) is 0.429. The SMILES string of the molecule is NC(=NO)C1CCCN1C(=O)c1ccc2c(c1)OCCO2. The Morgan fingerprint density at radius 2 is 2.10 bits per heavy atom. The fourth-order valence-electron chi connectivity index (χ4n) is 2.73. The summed E-state index contributed by atoms with van der Waals surface area (Å²) < 4.78 is 10.9. The zero-order chi connectivity index (χ0) is 14.8. The smallest absolute Gasteiger partial charge is 0.254 e. The minimum Gasteiger partial charge on any atom is -0.486 e. The molecule has 1 saturated heterocycles. The lowest BCUT2D eigenvalue weighted by Crippen LogP contribution is -2.43. The highest BCUT2D eigenvalue weighted by Gasteiger charge is 2.32. The van der Waals surface area contributed by atoms with Crippen molar-refractivity contribution in [1.29, 1.82) is 0 Å². The van der Waals surface area contributed by atoms with E-state index in [4.69, 9.17) is 20.4 Å². The first-order chi connectivity index (χ1) is 10.2. The molecule has 0 spiro atoms. The maximum absolute atomic E-state index is 12.6. The number of oxime groups is 1. The van der Waals surface area contributed by atoms with E-state index < -0.39 is 0 Å². The molecule has 1 aromatic rings. The average Bonchev–Trinajstić information content (AvgIpc) is 3.02. The van der Waals surface area contributed by atoms with Crippen LogP contribution in [0, 0.1) is 0 Å². The lowest BCUT2D eigenvalue weighted by atomic mass is 10.1. The zero-order valence-electron chi connectivity index (χ0n) is 11.5. The first-order valence-electron chi connectivity index (χ1n) is 6.88. The van der Waals surface area contributed by atoms with Crippen LogP contribution in [0.2, 0.25) is 0 Å². The Morgan fingerprint density at radius 1 is 1.33 bits per heavy atom. The van der Waals surface area contributed by atoms with Crippen LogP contribution in [0.3, 0.4) is 0 Å². The van der Waals surface area contributed by atoms with Gasteiger partial charge in [0, 0.05) is 12.1 Å². The first-order valence-corrected chi connectivity index (χ1v) is 6.88. The number of rotatable bonds is 2. The molecule has 2 heterocycles. The quantitative estimate of drug-likeness (QED) is 0.364. The average molecular weight is 291 g/mol. The lowest BCUT2D eigenvalue weighted by molar-refractivity contribution is 0.0766. The summed E-state index contributed by atoms with van der Waals surface area (Å²) in [6, 6.07) is 4.77. The Labute approximate surface area is 121 Å². The molecule has 3 N–H and O–H groups in total. The molecule has 2 aliphatic heterocycles. The predicted molar refractivity (Wildman–Crippen MR) is 74.9 cm³/mol. The molecule has 0 saturated carbocycles. The van der Waals surface area contributed by atoms with Crippen molar-refractivity contribution in [3.05, 3.63) is 23.8 Å². The van der Waals surface area contributed by atoms with Gasteiger partial charge >= 0.3 is 0 Å². The van der Waals surface area contributed by atoms with E-state index in [0.717, 1.165) is 6.42 Å². The Morgan fingerprint density at radius 3 is 2.86 bits per heavy atom. The Kier molecular flexibility index (Phi) is 3.55. The van der Waals surface area contributed by atoms with Gasteiger partial charge in [0.05, 0.1) is 6.04 Å². The van der Waals surface area contributed by atoms with Crippen molar-refractivity contribution in [1.82, 2.24) is 4.90 Å². The number of benzene rings is 1. The van der Waals surface area contributed by atoms with Crippen molar-refractivity contribution in [3.8, 4) is 11.5 Å². The van der Waals surface area contributed by atoms with Gasteiger partial charge in [-0.05, 0) is 31.0 Å². The highest BCUT2D eigenvalue weighted by molar-refractivity contribution is 5.99. The summed E-state index contributed by atoms with van der Waals surface area (Å²) >= 11 is 0. The second-order valence-electron chi connectivity index (χ2n) is 5.04. The molecule has 1 unspecified atom stereocenters. The number of ether oxygens (including phenoxy) is 2. The molecule has 0 bridgehead atoms. The van der Waals surface area contributed by atoms with Gasteiger partial charge in [-0.25, -0.2) is 0 Å². The second kappa shape index (κ2) is 5.51. The number of carbonyl (C=O) groups is 1. The number of nitrogens with zero attached hydrogens (tertiary/aromatic N) is 2. The van der Waals surface area contributed by atoms with Crippen molar-refractivity contribution in [2.45, 2.75) is 18.9 Å². The van der Waals surface area contributed by atoms with Gasteiger partial charge in [-0.1, -0.05) is 5.16 Å². The van der Waals surface area contributed by atoms with E-state index in [9.17, 15) is 4.79 Å². The van der Waals surface area contributed by atoms with Crippen molar-refractivity contribution in [2.75, 3.05) is 19.8 Å².